The molecule has 0 radical (unpaired) electrons. The Morgan fingerprint density at radius 2 is 1.90 bits per heavy atom. The van der Waals surface area contributed by atoms with Crippen LogP contribution in [0.15, 0.2) is 72.8 Å². The molecule has 1 aliphatic rings. The Kier molecular flexibility index (Phi) is 5.04. The summed E-state index contributed by atoms with van der Waals surface area (Å²) in [7, 11) is 0. The molecule has 31 heavy (non-hydrogen) atoms. The average molecular weight is 413 g/mol. The Bertz CT molecular complexity index is 1220. The van der Waals surface area contributed by atoms with Crippen molar-refractivity contribution in [2.24, 2.45) is 0 Å². The lowest BCUT2D eigenvalue weighted by Gasteiger charge is -2.22. The smallest absolute Gasteiger partial charge is 0.410 e. The molecule has 6 nitrogen and oxygen atoms in total. The lowest BCUT2D eigenvalue weighted by Crippen LogP contribution is -2.31. The van der Waals surface area contributed by atoms with Crippen molar-refractivity contribution in [2.45, 2.75) is 25.5 Å². The van der Waals surface area contributed by atoms with Crippen molar-refractivity contribution in [3.05, 3.63) is 84.2 Å². The number of hydrogen-bond donors (Lipinski definition) is 2. The minimum Gasteiger partial charge on any atom is -0.507 e. The van der Waals surface area contributed by atoms with E-state index >= 15 is 0 Å². The number of phenolic OH excluding ortho intramolecular Hbond substituents is 1. The first-order chi connectivity index (χ1) is 15.2. The molecule has 6 heteroatoms. The van der Waals surface area contributed by atoms with Gasteiger partial charge in [-0.2, -0.15) is 0 Å². The first-order valence-corrected chi connectivity index (χ1v) is 10.4. The van der Waals surface area contributed by atoms with Crippen molar-refractivity contribution >= 4 is 17.1 Å². The number of likely N-dealkylation sites (tertiary alicyclic amines) is 1. The number of carbonyl (C=O) groups is 1. The maximum Gasteiger partial charge on any atom is 0.410 e. The van der Waals surface area contributed by atoms with Gasteiger partial charge >= 0.3 is 6.09 Å². The van der Waals surface area contributed by atoms with E-state index in [0.717, 1.165) is 46.4 Å². The van der Waals surface area contributed by atoms with Crippen LogP contribution in [0.25, 0.3) is 22.2 Å². The highest BCUT2D eigenvalue weighted by Gasteiger charge is 2.33. The number of nitrogens with one attached hydrogen (secondary N) is 1. The molecule has 4 aromatic rings. The van der Waals surface area contributed by atoms with Crippen LogP contribution in [0.4, 0.5) is 4.79 Å². The van der Waals surface area contributed by atoms with E-state index in [-0.39, 0.29) is 24.5 Å². The van der Waals surface area contributed by atoms with Gasteiger partial charge in [-0.25, -0.2) is 9.78 Å². The number of H-pyrrole nitrogens is 1. The molecule has 1 aromatic heterocycles. The fourth-order valence-electron chi connectivity index (χ4n) is 4.14. The van der Waals surface area contributed by atoms with Crippen LogP contribution < -0.4 is 0 Å². The quantitative estimate of drug-likeness (QED) is 0.469. The van der Waals surface area contributed by atoms with Crippen molar-refractivity contribution in [1.29, 1.82) is 0 Å². The van der Waals surface area contributed by atoms with Crippen LogP contribution in [0.3, 0.4) is 0 Å². The van der Waals surface area contributed by atoms with Gasteiger partial charge in [-0.1, -0.05) is 54.6 Å². The first-order valence-electron chi connectivity index (χ1n) is 10.4. The summed E-state index contributed by atoms with van der Waals surface area (Å²) in [6.07, 6.45) is 1.43. The van der Waals surface area contributed by atoms with Crippen LogP contribution >= 0.6 is 0 Å². The number of aromatic nitrogens is 2. The maximum atomic E-state index is 12.7. The molecule has 5 rings (SSSR count). The number of benzene rings is 3. The summed E-state index contributed by atoms with van der Waals surface area (Å²) in [6.45, 7) is 0.908. The monoisotopic (exact) mass is 413 g/mol. The van der Waals surface area contributed by atoms with E-state index in [9.17, 15) is 9.90 Å². The minimum atomic E-state index is -0.318. The van der Waals surface area contributed by atoms with E-state index in [4.69, 9.17) is 9.72 Å². The maximum absolute atomic E-state index is 12.7. The van der Waals surface area contributed by atoms with Gasteiger partial charge in [0.15, 0.2) is 0 Å². The summed E-state index contributed by atoms with van der Waals surface area (Å²) < 4.78 is 5.55. The van der Waals surface area contributed by atoms with E-state index in [1.165, 1.54) is 0 Å². The van der Waals surface area contributed by atoms with Gasteiger partial charge in [-0.3, -0.25) is 4.90 Å². The van der Waals surface area contributed by atoms with Crippen molar-refractivity contribution in [1.82, 2.24) is 14.9 Å². The lowest BCUT2D eigenvalue weighted by atomic mass is 10.0. The van der Waals surface area contributed by atoms with Crippen molar-refractivity contribution in [3.8, 4) is 16.9 Å². The number of nitrogens with zero attached hydrogens (tertiary/aromatic N) is 2. The highest BCUT2D eigenvalue weighted by Crippen LogP contribution is 2.34. The number of aromatic hydroxyl groups is 1. The molecular formula is C25H23N3O3. The van der Waals surface area contributed by atoms with Gasteiger partial charge in [0.05, 0.1) is 17.1 Å². The molecule has 156 valence electrons. The largest absolute Gasteiger partial charge is 0.507 e. The SMILES string of the molecule is O=C(OCc1ccccc1)N1CCCC1c1nc2ccc(-c3ccccc3O)cc2[nH]1. The predicted molar refractivity (Wildman–Crippen MR) is 119 cm³/mol. The zero-order chi connectivity index (χ0) is 21.2. The molecule has 0 spiro atoms. The summed E-state index contributed by atoms with van der Waals surface area (Å²) in [4.78, 5) is 22.6. The van der Waals surface area contributed by atoms with E-state index in [1.807, 2.05) is 60.7 Å². The van der Waals surface area contributed by atoms with Gasteiger partial charge in [0, 0.05) is 12.1 Å². The van der Waals surface area contributed by atoms with Gasteiger partial charge in [0.1, 0.15) is 18.2 Å². The summed E-state index contributed by atoms with van der Waals surface area (Å²) >= 11 is 0. The van der Waals surface area contributed by atoms with Crippen molar-refractivity contribution < 1.29 is 14.6 Å². The third-order valence-electron chi connectivity index (χ3n) is 5.72. The Hall–Kier alpha value is -3.80. The minimum absolute atomic E-state index is 0.135. The number of imidazole rings is 1. The number of para-hydroxylation sites is 1. The number of ether oxygens (including phenoxy) is 1. The van der Waals surface area contributed by atoms with Gasteiger partial charge in [-0.05, 0) is 42.2 Å². The summed E-state index contributed by atoms with van der Waals surface area (Å²) in [6, 6.07) is 22.7. The Morgan fingerprint density at radius 1 is 1.10 bits per heavy atom. The van der Waals surface area contributed by atoms with Crippen LogP contribution in [0.1, 0.15) is 30.3 Å². The number of hydrogen-bond acceptors (Lipinski definition) is 4. The second-order valence-electron chi connectivity index (χ2n) is 7.76. The zero-order valence-corrected chi connectivity index (χ0v) is 17.0. The third-order valence-corrected chi connectivity index (χ3v) is 5.72. The number of rotatable bonds is 4. The van der Waals surface area contributed by atoms with Gasteiger partial charge in [0.2, 0.25) is 0 Å². The highest BCUT2D eigenvalue weighted by molar-refractivity contribution is 5.83. The number of carbonyl (C=O) groups excluding carboxylic acids is 1. The second kappa shape index (κ2) is 8.14. The van der Waals surface area contributed by atoms with Crippen LogP contribution in [-0.2, 0) is 11.3 Å². The standard InChI is InChI=1S/C25H23N3O3/c29-23-11-5-4-9-19(23)18-12-13-20-21(15-18)27-24(26-20)22-10-6-14-28(22)25(30)31-16-17-7-2-1-3-8-17/h1-5,7-9,11-13,15,22,29H,6,10,14,16H2,(H,26,27). The molecule has 1 saturated heterocycles. The lowest BCUT2D eigenvalue weighted by molar-refractivity contribution is 0.0910. The Balaban J connectivity index is 1.36. The zero-order valence-electron chi connectivity index (χ0n) is 17.0. The molecule has 3 aromatic carbocycles. The van der Waals surface area contributed by atoms with Gasteiger partial charge in [-0.15, -0.1) is 0 Å². The van der Waals surface area contributed by atoms with E-state index in [1.54, 1.807) is 17.0 Å². The fraction of sp³-hybridized carbons (Fsp3) is 0.200. The molecule has 1 atom stereocenters. The van der Waals surface area contributed by atoms with Gasteiger partial charge in [0.25, 0.3) is 0 Å². The van der Waals surface area contributed by atoms with Crippen LogP contribution in [-0.4, -0.2) is 32.6 Å². The highest BCUT2D eigenvalue weighted by atomic mass is 16.6. The predicted octanol–water partition coefficient (Wildman–Crippen LogP) is 5.41. The molecule has 1 fully saturated rings. The van der Waals surface area contributed by atoms with Crippen LogP contribution in [0.2, 0.25) is 0 Å². The summed E-state index contributed by atoms with van der Waals surface area (Å²) in [5, 5.41) is 10.2. The molecule has 0 saturated carbocycles. The summed E-state index contributed by atoms with van der Waals surface area (Å²) in [5.74, 6) is 1.00. The fourth-order valence-corrected chi connectivity index (χ4v) is 4.14. The number of phenols is 1. The van der Waals surface area contributed by atoms with Crippen molar-refractivity contribution in [3.63, 3.8) is 0 Å². The second-order valence-corrected chi connectivity index (χ2v) is 7.76. The average Bonchev–Trinajstić information content (AvgIpc) is 3.45. The first kappa shape index (κ1) is 19.2. The molecule has 0 bridgehead atoms. The van der Waals surface area contributed by atoms with Crippen molar-refractivity contribution in [2.75, 3.05) is 6.54 Å². The molecule has 2 N–H and O–H groups in total. The number of fused-ring (bicyclic) bond motifs is 1. The van der Waals surface area contributed by atoms with E-state index in [0.29, 0.717) is 6.54 Å². The number of aromatic amines is 1. The summed E-state index contributed by atoms with van der Waals surface area (Å²) in [5.41, 5.74) is 4.35. The van der Waals surface area contributed by atoms with Gasteiger partial charge < -0.3 is 14.8 Å². The van der Waals surface area contributed by atoms with Crippen LogP contribution in [0, 0.1) is 0 Å². The molecular weight excluding hydrogens is 390 g/mol. The molecule has 2 heterocycles. The number of amides is 1. The molecule has 1 unspecified atom stereocenters. The normalized spacial score (nSPS) is 16.0. The molecule has 1 aliphatic heterocycles. The molecule has 1 amide bonds. The third kappa shape index (κ3) is 3.84. The van der Waals surface area contributed by atoms with E-state index < -0.39 is 0 Å². The topological polar surface area (TPSA) is 78.4 Å². The Morgan fingerprint density at radius 3 is 2.74 bits per heavy atom. The van der Waals surface area contributed by atoms with E-state index in [2.05, 4.69) is 4.98 Å². The Labute approximate surface area is 180 Å². The van der Waals surface area contributed by atoms with Crippen LogP contribution in [0.5, 0.6) is 5.75 Å². The molecule has 0 aliphatic carbocycles.